The number of aromatic nitrogens is 3. The summed E-state index contributed by atoms with van der Waals surface area (Å²) in [5.74, 6) is -1.18. The minimum atomic E-state index is -0.735. The van der Waals surface area contributed by atoms with Crippen LogP contribution in [0.25, 0.3) is 11.4 Å². The number of rotatable bonds is 7. The lowest BCUT2D eigenvalue weighted by Gasteiger charge is -2.11. The largest absolute Gasteiger partial charge is 0.507 e. The van der Waals surface area contributed by atoms with Crippen molar-refractivity contribution < 1.29 is 28.6 Å². The van der Waals surface area contributed by atoms with Gasteiger partial charge in [0.05, 0.1) is 25.3 Å². The first-order valence-corrected chi connectivity index (χ1v) is 10.2. The molecule has 0 unspecified atom stereocenters. The third-order valence-electron chi connectivity index (χ3n) is 4.95. The molecule has 35 heavy (non-hydrogen) atoms. The second-order valence-electron chi connectivity index (χ2n) is 7.23. The number of aromatic hydroxyl groups is 1. The van der Waals surface area contributed by atoms with E-state index >= 15 is 0 Å². The first-order valence-electron chi connectivity index (χ1n) is 10.2. The Hall–Kier alpha value is -4.93. The fourth-order valence-corrected chi connectivity index (χ4v) is 3.20. The summed E-state index contributed by atoms with van der Waals surface area (Å²) < 4.78 is 24.3. The van der Waals surface area contributed by atoms with Crippen LogP contribution in [0, 0.1) is 5.82 Å². The molecule has 0 radical (unpaired) electrons. The molecule has 0 aliphatic rings. The van der Waals surface area contributed by atoms with E-state index in [9.17, 15) is 19.1 Å². The van der Waals surface area contributed by atoms with Gasteiger partial charge in [0.25, 0.3) is 11.8 Å². The Bertz CT molecular complexity index is 1380. The summed E-state index contributed by atoms with van der Waals surface area (Å²) in [5, 5.41) is 21.7. The molecule has 10 nitrogen and oxygen atoms in total. The molecule has 4 aromatic rings. The molecule has 0 spiro atoms. The predicted octanol–water partition coefficient (Wildman–Crippen LogP) is 3.84. The van der Waals surface area contributed by atoms with Crippen molar-refractivity contribution in [2.75, 3.05) is 24.9 Å². The summed E-state index contributed by atoms with van der Waals surface area (Å²) in [6, 6.07) is 14.6. The zero-order valence-corrected chi connectivity index (χ0v) is 18.6. The first-order chi connectivity index (χ1) is 16.9. The van der Waals surface area contributed by atoms with Crippen LogP contribution in [0.1, 0.15) is 20.7 Å². The summed E-state index contributed by atoms with van der Waals surface area (Å²) in [7, 11) is 2.93. The number of carbonyl (C=O) groups excluding carboxylic acids is 2. The highest BCUT2D eigenvalue weighted by Crippen LogP contribution is 2.26. The van der Waals surface area contributed by atoms with Gasteiger partial charge in [0.1, 0.15) is 23.1 Å². The molecule has 0 aliphatic carbocycles. The standard InChI is InChI=1S/C24H20FN5O5/c1-34-15-9-13(10-16(12-15)35-2)22(32)26-14-7-8-20(31)18(11-14)23(33)28-24-27-21(29-30-24)17-5-3-4-6-19(17)25/h3-12,31H,1-2H3,(H,26,32)(H2,27,28,29,30,33). The van der Waals surface area contributed by atoms with Crippen LogP contribution in [-0.4, -0.2) is 46.3 Å². The number of ether oxygens (including phenoxy) is 2. The Morgan fingerprint density at radius 3 is 2.34 bits per heavy atom. The Kier molecular flexibility index (Phi) is 6.58. The highest BCUT2D eigenvalue weighted by Gasteiger charge is 2.17. The number of nitrogens with zero attached hydrogens (tertiary/aromatic N) is 2. The first kappa shape index (κ1) is 23.2. The molecular weight excluding hydrogens is 457 g/mol. The van der Waals surface area contributed by atoms with Gasteiger partial charge in [0, 0.05) is 17.3 Å². The number of halogens is 1. The van der Waals surface area contributed by atoms with Crippen LogP contribution >= 0.6 is 0 Å². The zero-order chi connectivity index (χ0) is 24.9. The normalized spacial score (nSPS) is 10.5. The minimum absolute atomic E-state index is 0.120. The molecule has 0 atom stereocenters. The highest BCUT2D eigenvalue weighted by molar-refractivity contribution is 6.08. The molecule has 4 rings (SSSR count). The molecule has 0 saturated heterocycles. The summed E-state index contributed by atoms with van der Waals surface area (Å²) >= 11 is 0. The van der Waals surface area contributed by atoms with Gasteiger partial charge in [0.2, 0.25) is 5.95 Å². The van der Waals surface area contributed by atoms with Gasteiger partial charge in [-0.2, -0.15) is 4.98 Å². The van der Waals surface area contributed by atoms with Crippen LogP contribution in [-0.2, 0) is 0 Å². The molecule has 0 saturated carbocycles. The van der Waals surface area contributed by atoms with Crippen molar-refractivity contribution in [1.82, 2.24) is 15.2 Å². The Morgan fingerprint density at radius 2 is 1.66 bits per heavy atom. The fourth-order valence-electron chi connectivity index (χ4n) is 3.20. The second kappa shape index (κ2) is 9.91. The van der Waals surface area contributed by atoms with Crippen LogP contribution in [0.5, 0.6) is 17.2 Å². The maximum absolute atomic E-state index is 14.0. The van der Waals surface area contributed by atoms with Gasteiger partial charge in [-0.05, 0) is 42.5 Å². The number of phenols is 1. The van der Waals surface area contributed by atoms with Gasteiger partial charge in [-0.3, -0.25) is 20.0 Å². The number of hydrogen-bond acceptors (Lipinski definition) is 7. The van der Waals surface area contributed by atoms with Crippen molar-refractivity contribution >= 4 is 23.5 Å². The lowest BCUT2D eigenvalue weighted by atomic mass is 10.1. The van der Waals surface area contributed by atoms with E-state index in [0.717, 1.165) is 0 Å². The Balaban J connectivity index is 1.51. The van der Waals surface area contributed by atoms with Crippen LogP contribution in [0.3, 0.4) is 0 Å². The molecule has 2 amide bonds. The van der Waals surface area contributed by atoms with Crippen LogP contribution in [0.2, 0.25) is 0 Å². The third kappa shape index (κ3) is 5.19. The number of carbonyl (C=O) groups is 2. The number of benzene rings is 3. The summed E-state index contributed by atoms with van der Waals surface area (Å²) in [6.45, 7) is 0. The Labute approximate surface area is 198 Å². The van der Waals surface area contributed by atoms with Gasteiger partial charge in [0.15, 0.2) is 5.82 Å². The number of hydrogen-bond donors (Lipinski definition) is 4. The molecule has 11 heteroatoms. The van der Waals surface area contributed by atoms with Gasteiger partial charge >= 0.3 is 0 Å². The fraction of sp³-hybridized carbons (Fsp3) is 0.0833. The molecule has 0 aliphatic heterocycles. The van der Waals surface area contributed by atoms with Gasteiger partial charge in [-0.1, -0.05) is 12.1 Å². The number of phenolic OH excluding ortho intramolecular Hbond substituents is 1. The molecule has 0 bridgehead atoms. The smallest absolute Gasteiger partial charge is 0.261 e. The van der Waals surface area contributed by atoms with E-state index in [0.29, 0.717) is 11.5 Å². The predicted molar refractivity (Wildman–Crippen MR) is 125 cm³/mol. The van der Waals surface area contributed by atoms with Crippen molar-refractivity contribution in [2.45, 2.75) is 0 Å². The maximum atomic E-state index is 14.0. The Morgan fingerprint density at radius 1 is 0.943 bits per heavy atom. The van der Waals surface area contributed by atoms with Gasteiger partial charge < -0.3 is 19.9 Å². The zero-order valence-electron chi connectivity index (χ0n) is 18.6. The van der Waals surface area contributed by atoms with E-state index in [-0.39, 0.29) is 39.9 Å². The molecule has 0 fully saturated rings. The number of nitrogens with one attached hydrogen (secondary N) is 3. The monoisotopic (exact) mass is 477 g/mol. The number of anilines is 2. The van der Waals surface area contributed by atoms with Crippen molar-refractivity contribution in [3.8, 4) is 28.6 Å². The van der Waals surface area contributed by atoms with E-state index in [1.165, 1.54) is 62.8 Å². The van der Waals surface area contributed by atoms with Gasteiger partial charge in [-0.15, -0.1) is 5.10 Å². The lowest BCUT2D eigenvalue weighted by Crippen LogP contribution is -2.15. The lowest BCUT2D eigenvalue weighted by molar-refractivity contribution is 0.101. The van der Waals surface area contributed by atoms with E-state index in [1.807, 2.05) is 0 Å². The van der Waals surface area contributed by atoms with E-state index in [1.54, 1.807) is 12.1 Å². The van der Waals surface area contributed by atoms with Crippen molar-refractivity contribution in [3.63, 3.8) is 0 Å². The topological polar surface area (TPSA) is 138 Å². The quantitative estimate of drug-likeness (QED) is 0.297. The average molecular weight is 477 g/mol. The van der Waals surface area contributed by atoms with Crippen molar-refractivity contribution in [1.29, 1.82) is 0 Å². The summed E-state index contributed by atoms with van der Waals surface area (Å²) in [5.41, 5.74) is 0.564. The number of aromatic amines is 1. The molecular formula is C24H20FN5O5. The summed E-state index contributed by atoms with van der Waals surface area (Å²) in [6.07, 6.45) is 0. The molecule has 1 aromatic heterocycles. The molecule has 4 N–H and O–H groups in total. The number of methoxy groups -OCH3 is 2. The van der Waals surface area contributed by atoms with E-state index < -0.39 is 17.6 Å². The second-order valence-corrected chi connectivity index (χ2v) is 7.23. The molecule has 1 heterocycles. The maximum Gasteiger partial charge on any atom is 0.261 e. The van der Waals surface area contributed by atoms with E-state index in [2.05, 4.69) is 25.8 Å². The number of H-pyrrole nitrogens is 1. The number of amides is 2. The van der Waals surface area contributed by atoms with Crippen LogP contribution in [0.15, 0.2) is 60.7 Å². The third-order valence-corrected chi connectivity index (χ3v) is 4.95. The molecule has 178 valence electrons. The highest BCUT2D eigenvalue weighted by atomic mass is 19.1. The SMILES string of the molecule is COc1cc(OC)cc(C(=O)Nc2ccc(O)c(C(=O)Nc3n[nH]c(-c4ccccc4F)n3)c2)c1. The van der Waals surface area contributed by atoms with Gasteiger partial charge in [-0.25, -0.2) is 4.39 Å². The average Bonchev–Trinajstić information content (AvgIpc) is 3.33. The van der Waals surface area contributed by atoms with Crippen LogP contribution in [0.4, 0.5) is 16.0 Å². The van der Waals surface area contributed by atoms with E-state index in [4.69, 9.17) is 9.47 Å². The van der Waals surface area contributed by atoms with Crippen molar-refractivity contribution in [2.24, 2.45) is 0 Å². The van der Waals surface area contributed by atoms with Crippen molar-refractivity contribution in [3.05, 3.63) is 77.6 Å². The van der Waals surface area contributed by atoms with Crippen LogP contribution < -0.4 is 20.1 Å². The minimum Gasteiger partial charge on any atom is -0.507 e. The molecule has 3 aromatic carbocycles. The summed E-state index contributed by atoms with van der Waals surface area (Å²) in [4.78, 5) is 29.5.